The average molecular weight is 296 g/mol. The monoisotopic (exact) mass is 296 g/mol. The lowest BCUT2D eigenvalue weighted by Gasteiger charge is -2.34. The standard InChI is InChI=1S/C14H20N2O3S/c1-9-5-11(13(17)18)8-16(7-9)14(19)15-6-12-10(2)3-4-20-12/h3-4,9,11H,5-8H2,1-2H3,(H,15,19)(H,17,18). The number of piperidine rings is 1. The Morgan fingerprint density at radius 3 is 2.85 bits per heavy atom. The van der Waals surface area contributed by atoms with Crippen LogP contribution in [0.4, 0.5) is 4.79 Å². The fraction of sp³-hybridized carbons (Fsp3) is 0.571. The Balaban J connectivity index is 1.91. The molecule has 2 N–H and O–H groups in total. The van der Waals surface area contributed by atoms with E-state index >= 15 is 0 Å². The summed E-state index contributed by atoms with van der Waals surface area (Å²) in [5, 5.41) is 14.0. The summed E-state index contributed by atoms with van der Waals surface area (Å²) in [6, 6.07) is 1.85. The maximum atomic E-state index is 12.1. The topological polar surface area (TPSA) is 69.6 Å². The zero-order valence-electron chi connectivity index (χ0n) is 11.8. The van der Waals surface area contributed by atoms with Gasteiger partial charge < -0.3 is 15.3 Å². The number of rotatable bonds is 3. The Hall–Kier alpha value is -1.56. The van der Waals surface area contributed by atoms with Gasteiger partial charge in [-0.3, -0.25) is 4.79 Å². The summed E-state index contributed by atoms with van der Waals surface area (Å²) in [6.45, 7) is 5.43. The lowest BCUT2D eigenvalue weighted by molar-refractivity contribution is -0.143. The molecule has 0 aromatic carbocycles. The first-order valence-electron chi connectivity index (χ1n) is 6.76. The number of carbonyl (C=O) groups excluding carboxylic acids is 1. The number of nitrogens with zero attached hydrogens (tertiary/aromatic N) is 1. The Bertz CT molecular complexity index is 500. The minimum Gasteiger partial charge on any atom is -0.481 e. The number of hydrogen-bond donors (Lipinski definition) is 2. The van der Waals surface area contributed by atoms with Crippen molar-refractivity contribution in [3.05, 3.63) is 21.9 Å². The highest BCUT2D eigenvalue weighted by Gasteiger charge is 2.31. The predicted octanol–water partition coefficient (Wildman–Crippen LogP) is 2.31. The summed E-state index contributed by atoms with van der Waals surface area (Å²) in [7, 11) is 0. The van der Waals surface area contributed by atoms with E-state index in [2.05, 4.69) is 5.32 Å². The van der Waals surface area contributed by atoms with Gasteiger partial charge in [0.1, 0.15) is 0 Å². The molecule has 2 amide bonds. The van der Waals surface area contributed by atoms with Gasteiger partial charge in [0.05, 0.1) is 12.5 Å². The normalized spacial score (nSPS) is 22.6. The number of aryl methyl sites for hydroxylation is 1. The molecule has 0 bridgehead atoms. The quantitative estimate of drug-likeness (QED) is 0.899. The second kappa shape index (κ2) is 6.26. The molecule has 1 aliphatic heterocycles. The molecule has 0 radical (unpaired) electrons. The maximum absolute atomic E-state index is 12.1. The zero-order valence-corrected chi connectivity index (χ0v) is 12.6. The number of nitrogens with one attached hydrogen (secondary N) is 1. The van der Waals surface area contributed by atoms with Gasteiger partial charge in [-0.25, -0.2) is 4.79 Å². The summed E-state index contributed by atoms with van der Waals surface area (Å²) in [5.74, 6) is -1.05. The van der Waals surface area contributed by atoms with E-state index < -0.39 is 11.9 Å². The van der Waals surface area contributed by atoms with Crippen LogP contribution in [0.3, 0.4) is 0 Å². The number of amides is 2. The van der Waals surface area contributed by atoms with Crippen molar-refractivity contribution < 1.29 is 14.7 Å². The van der Waals surface area contributed by atoms with Gasteiger partial charge in [0.25, 0.3) is 0 Å². The van der Waals surface area contributed by atoms with Gasteiger partial charge in [-0.05, 0) is 36.3 Å². The van der Waals surface area contributed by atoms with Crippen molar-refractivity contribution in [1.29, 1.82) is 0 Å². The van der Waals surface area contributed by atoms with Crippen LogP contribution in [-0.2, 0) is 11.3 Å². The summed E-state index contributed by atoms with van der Waals surface area (Å²) < 4.78 is 0. The fourth-order valence-corrected chi connectivity index (χ4v) is 3.40. The minimum absolute atomic E-state index is 0.171. The molecule has 0 spiro atoms. The first-order valence-corrected chi connectivity index (χ1v) is 7.64. The van der Waals surface area contributed by atoms with Crippen molar-refractivity contribution in [2.45, 2.75) is 26.8 Å². The molecule has 1 saturated heterocycles. The molecule has 110 valence electrons. The van der Waals surface area contributed by atoms with E-state index in [-0.39, 0.29) is 11.9 Å². The molecule has 2 rings (SSSR count). The van der Waals surface area contributed by atoms with Gasteiger partial charge in [-0.1, -0.05) is 6.92 Å². The summed E-state index contributed by atoms with van der Waals surface area (Å²) in [6.07, 6.45) is 0.642. The van der Waals surface area contributed by atoms with Crippen LogP contribution >= 0.6 is 11.3 Å². The lowest BCUT2D eigenvalue weighted by atomic mass is 9.91. The van der Waals surface area contributed by atoms with E-state index in [1.807, 2.05) is 25.3 Å². The van der Waals surface area contributed by atoms with Gasteiger partial charge >= 0.3 is 12.0 Å². The van der Waals surface area contributed by atoms with Crippen LogP contribution in [0, 0.1) is 18.8 Å². The number of carboxylic acids is 1. The van der Waals surface area contributed by atoms with Gasteiger partial charge in [0, 0.05) is 18.0 Å². The highest BCUT2D eigenvalue weighted by atomic mass is 32.1. The molecule has 0 saturated carbocycles. The SMILES string of the molecule is Cc1ccsc1CNC(=O)N1CC(C)CC(C(=O)O)C1. The van der Waals surface area contributed by atoms with E-state index in [0.717, 1.165) is 4.88 Å². The van der Waals surface area contributed by atoms with E-state index in [0.29, 0.717) is 26.1 Å². The van der Waals surface area contributed by atoms with E-state index in [1.165, 1.54) is 5.56 Å². The molecule has 1 aromatic heterocycles. The van der Waals surface area contributed by atoms with Gasteiger partial charge in [-0.2, -0.15) is 0 Å². The predicted molar refractivity (Wildman–Crippen MR) is 77.8 cm³/mol. The Labute approximate surface area is 122 Å². The molecule has 0 aliphatic carbocycles. The maximum Gasteiger partial charge on any atom is 0.317 e. The molecular formula is C14H20N2O3S. The first-order chi connectivity index (χ1) is 9.47. The summed E-state index contributed by atoms with van der Waals surface area (Å²) in [4.78, 5) is 26.0. The average Bonchev–Trinajstić information content (AvgIpc) is 2.80. The molecule has 2 atom stereocenters. The van der Waals surface area contributed by atoms with Crippen molar-refractivity contribution in [3.8, 4) is 0 Å². The van der Waals surface area contributed by atoms with Crippen LogP contribution in [0.5, 0.6) is 0 Å². The Kier molecular flexibility index (Phi) is 4.65. The van der Waals surface area contributed by atoms with Crippen LogP contribution in [0.15, 0.2) is 11.4 Å². The molecule has 1 aliphatic rings. The molecule has 1 fully saturated rings. The van der Waals surface area contributed by atoms with Crippen molar-refractivity contribution >= 4 is 23.3 Å². The third-order valence-corrected chi connectivity index (χ3v) is 4.69. The van der Waals surface area contributed by atoms with Gasteiger partial charge in [-0.15, -0.1) is 11.3 Å². The van der Waals surface area contributed by atoms with Crippen LogP contribution in [0.2, 0.25) is 0 Å². The van der Waals surface area contributed by atoms with Crippen LogP contribution in [-0.4, -0.2) is 35.1 Å². The number of likely N-dealkylation sites (tertiary alicyclic amines) is 1. The molecule has 2 heterocycles. The molecular weight excluding hydrogens is 276 g/mol. The second-order valence-corrected chi connectivity index (χ2v) is 6.47. The number of aliphatic carboxylic acids is 1. The van der Waals surface area contributed by atoms with E-state index in [9.17, 15) is 9.59 Å². The highest BCUT2D eigenvalue weighted by Crippen LogP contribution is 2.22. The number of urea groups is 1. The Morgan fingerprint density at radius 1 is 1.50 bits per heavy atom. The van der Waals surface area contributed by atoms with Gasteiger partial charge in [0.2, 0.25) is 0 Å². The lowest BCUT2D eigenvalue weighted by Crippen LogP contribution is -2.49. The van der Waals surface area contributed by atoms with E-state index in [1.54, 1.807) is 16.2 Å². The summed E-state index contributed by atoms with van der Waals surface area (Å²) in [5.41, 5.74) is 1.17. The van der Waals surface area contributed by atoms with Gasteiger partial charge in [0.15, 0.2) is 0 Å². The third kappa shape index (κ3) is 3.50. The fourth-order valence-electron chi connectivity index (χ4n) is 2.55. The minimum atomic E-state index is -0.816. The first kappa shape index (κ1) is 14.8. The van der Waals surface area contributed by atoms with Crippen LogP contribution in [0.25, 0.3) is 0 Å². The van der Waals surface area contributed by atoms with Crippen molar-refractivity contribution in [2.75, 3.05) is 13.1 Å². The largest absolute Gasteiger partial charge is 0.481 e. The van der Waals surface area contributed by atoms with Crippen molar-refractivity contribution in [2.24, 2.45) is 11.8 Å². The molecule has 5 nitrogen and oxygen atoms in total. The number of carboxylic acid groups (broad SMARTS) is 1. The van der Waals surface area contributed by atoms with Crippen molar-refractivity contribution in [1.82, 2.24) is 10.2 Å². The Morgan fingerprint density at radius 2 is 2.25 bits per heavy atom. The molecule has 6 heteroatoms. The van der Waals surface area contributed by atoms with Crippen LogP contribution < -0.4 is 5.32 Å². The molecule has 20 heavy (non-hydrogen) atoms. The number of hydrogen-bond acceptors (Lipinski definition) is 3. The molecule has 2 unspecified atom stereocenters. The zero-order chi connectivity index (χ0) is 14.7. The third-order valence-electron chi connectivity index (χ3n) is 3.66. The number of thiophene rings is 1. The van der Waals surface area contributed by atoms with Crippen molar-refractivity contribution in [3.63, 3.8) is 0 Å². The molecule has 1 aromatic rings. The van der Waals surface area contributed by atoms with Crippen LogP contribution in [0.1, 0.15) is 23.8 Å². The summed E-state index contributed by atoms with van der Waals surface area (Å²) >= 11 is 1.62. The van der Waals surface area contributed by atoms with E-state index in [4.69, 9.17) is 5.11 Å². The number of carbonyl (C=O) groups is 2. The highest BCUT2D eigenvalue weighted by molar-refractivity contribution is 7.10. The second-order valence-electron chi connectivity index (χ2n) is 5.47. The smallest absolute Gasteiger partial charge is 0.317 e.